The number of likely N-dealkylation sites (N-methyl/N-ethyl adjacent to an activating group) is 1. The second kappa shape index (κ2) is 6.80. The number of phenols is 1. The number of alkyl halides is 1. The van der Waals surface area contributed by atoms with Crippen LogP contribution in [0.15, 0.2) is 12.1 Å². The molecule has 1 saturated heterocycles. The number of nitrogens with zero attached hydrogens (tertiary/aromatic N) is 4. The molecule has 6 rings (SSSR count). The molecule has 30 heavy (non-hydrogen) atoms. The minimum atomic E-state index is -0.793. The predicted molar refractivity (Wildman–Crippen MR) is 112 cm³/mol. The Bertz CT molecular complexity index is 999. The van der Waals surface area contributed by atoms with Gasteiger partial charge in [0.2, 0.25) is 0 Å². The van der Waals surface area contributed by atoms with Crippen molar-refractivity contribution in [2.75, 3.05) is 38.2 Å². The third-order valence-corrected chi connectivity index (χ3v) is 7.06. The van der Waals surface area contributed by atoms with Crippen molar-refractivity contribution in [1.82, 2.24) is 15.1 Å². The highest BCUT2D eigenvalue weighted by Gasteiger charge is 2.39. The second-order valence-corrected chi connectivity index (χ2v) is 9.23. The number of hydrogen-bond acceptors (Lipinski definition) is 6. The van der Waals surface area contributed by atoms with E-state index in [2.05, 4.69) is 20.0 Å². The van der Waals surface area contributed by atoms with Crippen molar-refractivity contribution in [2.24, 2.45) is 0 Å². The summed E-state index contributed by atoms with van der Waals surface area (Å²) >= 11 is 0. The van der Waals surface area contributed by atoms with Crippen LogP contribution in [0.4, 0.5) is 10.2 Å². The number of likely N-dealkylation sites (tertiary alicyclic amines) is 1. The molecule has 0 amide bonds. The predicted octanol–water partition coefficient (Wildman–Crippen LogP) is 3.07. The molecule has 2 fully saturated rings. The van der Waals surface area contributed by atoms with Gasteiger partial charge in [0.15, 0.2) is 5.82 Å². The molecular weight excluding hydrogens is 383 g/mol. The number of rotatable bonds is 3. The quantitative estimate of drug-likeness (QED) is 0.839. The van der Waals surface area contributed by atoms with Gasteiger partial charge in [-0.2, -0.15) is 0 Å². The summed E-state index contributed by atoms with van der Waals surface area (Å²) in [6.45, 7) is 2.84. The average molecular weight is 410 g/mol. The van der Waals surface area contributed by atoms with Crippen molar-refractivity contribution in [3.05, 3.63) is 28.8 Å². The zero-order valence-electron chi connectivity index (χ0n) is 17.3. The van der Waals surface area contributed by atoms with E-state index in [0.29, 0.717) is 25.5 Å². The zero-order chi connectivity index (χ0) is 20.4. The van der Waals surface area contributed by atoms with Crippen LogP contribution in [0.2, 0.25) is 0 Å². The van der Waals surface area contributed by atoms with E-state index in [0.717, 1.165) is 67.2 Å². The van der Waals surface area contributed by atoms with Gasteiger partial charge in [-0.05, 0) is 49.9 Å². The molecule has 2 aromatic rings. The number of aromatic nitrogens is 2. The van der Waals surface area contributed by atoms with Crippen molar-refractivity contribution in [2.45, 2.75) is 50.2 Å². The van der Waals surface area contributed by atoms with E-state index in [4.69, 9.17) is 4.74 Å². The minimum absolute atomic E-state index is 0.137. The fourth-order valence-electron chi connectivity index (χ4n) is 5.55. The van der Waals surface area contributed by atoms with Crippen LogP contribution in [0.25, 0.3) is 11.3 Å². The van der Waals surface area contributed by atoms with Gasteiger partial charge in [0.1, 0.15) is 23.4 Å². The maximum Gasteiger partial charge on any atom is 0.155 e. The van der Waals surface area contributed by atoms with Crippen LogP contribution in [0.1, 0.15) is 41.9 Å². The highest BCUT2D eigenvalue weighted by Crippen LogP contribution is 2.51. The van der Waals surface area contributed by atoms with Crippen molar-refractivity contribution in [3.63, 3.8) is 0 Å². The van der Waals surface area contributed by atoms with Crippen molar-refractivity contribution < 1.29 is 14.2 Å². The van der Waals surface area contributed by atoms with Gasteiger partial charge in [0.25, 0.3) is 0 Å². The molecule has 1 aliphatic carbocycles. The Morgan fingerprint density at radius 1 is 1.13 bits per heavy atom. The van der Waals surface area contributed by atoms with Crippen LogP contribution in [-0.4, -0.2) is 65.7 Å². The summed E-state index contributed by atoms with van der Waals surface area (Å²) in [6, 6.07) is 3.99. The molecule has 0 spiro atoms. The van der Waals surface area contributed by atoms with Gasteiger partial charge in [-0.15, -0.1) is 10.2 Å². The summed E-state index contributed by atoms with van der Waals surface area (Å²) in [4.78, 5) is 4.35. The van der Waals surface area contributed by atoms with Crippen LogP contribution in [0.5, 0.6) is 11.5 Å². The summed E-state index contributed by atoms with van der Waals surface area (Å²) < 4.78 is 19.8. The zero-order valence-corrected chi connectivity index (χ0v) is 17.3. The minimum Gasteiger partial charge on any atom is -0.507 e. The molecule has 6 nitrogen and oxygen atoms in total. The van der Waals surface area contributed by atoms with Crippen LogP contribution >= 0.6 is 0 Å². The maximum atomic E-state index is 14.2. The summed E-state index contributed by atoms with van der Waals surface area (Å²) in [7, 11) is 1.99. The van der Waals surface area contributed by atoms with E-state index in [1.54, 1.807) is 0 Å². The molecule has 0 unspecified atom stereocenters. The first-order chi connectivity index (χ1) is 14.6. The molecule has 1 aromatic carbocycles. The molecule has 7 heteroatoms. The van der Waals surface area contributed by atoms with Crippen LogP contribution in [-0.2, 0) is 12.8 Å². The van der Waals surface area contributed by atoms with Crippen molar-refractivity contribution >= 4 is 5.82 Å². The molecule has 3 aliphatic heterocycles. The Morgan fingerprint density at radius 3 is 2.80 bits per heavy atom. The van der Waals surface area contributed by atoms with E-state index in [9.17, 15) is 9.50 Å². The first-order valence-corrected chi connectivity index (χ1v) is 11.1. The third kappa shape index (κ3) is 2.86. The SMILES string of the molecule is CN1C[C@H](F)C[C@@H](N2CCc3c2nnc(-c2ccc4c(c2O)CCO4)c3C2CC2)C1. The molecule has 1 saturated carbocycles. The monoisotopic (exact) mass is 410 g/mol. The number of ether oxygens (including phenoxy) is 1. The molecule has 158 valence electrons. The fraction of sp³-hybridized carbons (Fsp3) is 0.565. The first kappa shape index (κ1) is 18.4. The van der Waals surface area contributed by atoms with Gasteiger partial charge < -0.3 is 19.6 Å². The maximum absolute atomic E-state index is 14.2. The Balaban J connectivity index is 1.42. The number of piperidine rings is 1. The highest BCUT2D eigenvalue weighted by atomic mass is 19.1. The smallest absolute Gasteiger partial charge is 0.155 e. The molecular formula is C23H27FN4O2. The van der Waals surface area contributed by atoms with Gasteiger partial charge in [0, 0.05) is 55.2 Å². The molecule has 1 N–H and O–H groups in total. The lowest BCUT2D eigenvalue weighted by molar-refractivity contribution is 0.143. The molecule has 0 radical (unpaired) electrons. The van der Waals surface area contributed by atoms with E-state index in [1.807, 2.05) is 19.2 Å². The van der Waals surface area contributed by atoms with Crippen LogP contribution < -0.4 is 9.64 Å². The van der Waals surface area contributed by atoms with Crippen LogP contribution in [0.3, 0.4) is 0 Å². The van der Waals surface area contributed by atoms with Gasteiger partial charge in [-0.1, -0.05) is 0 Å². The lowest BCUT2D eigenvalue weighted by atomic mass is 9.95. The standard InChI is InChI=1S/C23H27FN4O2/c1-27-11-14(24)10-15(12-27)28-8-6-17-20(13-2-3-13)21(25-26-23(17)28)18-4-5-19-16(22(18)29)7-9-30-19/h4-5,13-15,29H,2-3,6-12H2,1H3/t14-,15-/m1/s1. The summed E-state index contributed by atoms with van der Waals surface area (Å²) in [5.41, 5.74) is 4.95. The number of anilines is 1. The topological polar surface area (TPSA) is 61.7 Å². The Morgan fingerprint density at radius 2 is 2.00 bits per heavy atom. The number of fused-ring (bicyclic) bond motifs is 2. The summed E-state index contributed by atoms with van der Waals surface area (Å²) in [6.07, 6.45) is 3.70. The Kier molecular flexibility index (Phi) is 4.17. The normalized spacial score (nSPS) is 25.9. The van der Waals surface area contributed by atoms with E-state index in [-0.39, 0.29) is 11.8 Å². The Labute approximate surface area is 175 Å². The third-order valence-electron chi connectivity index (χ3n) is 7.06. The van der Waals surface area contributed by atoms with Crippen molar-refractivity contribution in [1.29, 1.82) is 0 Å². The summed E-state index contributed by atoms with van der Waals surface area (Å²) in [5.74, 6) is 2.46. The van der Waals surface area contributed by atoms with Gasteiger partial charge >= 0.3 is 0 Å². The van der Waals surface area contributed by atoms with E-state index >= 15 is 0 Å². The van der Waals surface area contributed by atoms with Gasteiger partial charge in [-0.3, -0.25) is 0 Å². The van der Waals surface area contributed by atoms with Gasteiger partial charge in [0.05, 0.1) is 6.61 Å². The largest absolute Gasteiger partial charge is 0.507 e. The van der Waals surface area contributed by atoms with Gasteiger partial charge in [-0.25, -0.2) is 4.39 Å². The molecule has 4 heterocycles. The number of aromatic hydroxyl groups is 1. The van der Waals surface area contributed by atoms with E-state index < -0.39 is 6.17 Å². The lowest BCUT2D eigenvalue weighted by Crippen LogP contribution is -2.50. The number of benzene rings is 1. The average Bonchev–Trinajstić information content (AvgIpc) is 3.27. The molecule has 0 bridgehead atoms. The second-order valence-electron chi connectivity index (χ2n) is 9.23. The lowest BCUT2D eigenvalue weighted by Gasteiger charge is -2.38. The highest BCUT2D eigenvalue weighted by molar-refractivity contribution is 5.77. The Hall–Kier alpha value is -2.41. The first-order valence-electron chi connectivity index (χ1n) is 11.1. The molecule has 1 aromatic heterocycles. The van der Waals surface area contributed by atoms with Crippen LogP contribution in [0, 0.1) is 0 Å². The number of hydrogen-bond donors (Lipinski definition) is 1. The van der Waals surface area contributed by atoms with E-state index in [1.165, 1.54) is 11.1 Å². The fourth-order valence-corrected chi connectivity index (χ4v) is 5.55. The number of halogens is 1. The molecule has 2 atom stereocenters. The summed E-state index contributed by atoms with van der Waals surface area (Å²) in [5, 5.41) is 20.2. The molecule has 4 aliphatic rings. The number of phenolic OH excluding ortho intramolecular Hbond substituents is 1. The van der Waals surface area contributed by atoms with Crippen molar-refractivity contribution in [3.8, 4) is 22.8 Å².